The molecule has 5 heteroatoms. The molecule has 2 amide bonds. The highest BCUT2D eigenvalue weighted by atomic mass is 16.2. The molecule has 5 nitrogen and oxygen atoms in total. The average Bonchev–Trinajstić information content (AvgIpc) is 2.66. The van der Waals surface area contributed by atoms with Gasteiger partial charge in [0.1, 0.15) is 0 Å². The molecule has 0 saturated heterocycles. The van der Waals surface area contributed by atoms with Crippen LogP contribution in [0.1, 0.15) is 29.8 Å². The summed E-state index contributed by atoms with van der Waals surface area (Å²) < 4.78 is 0. The summed E-state index contributed by atoms with van der Waals surface area (Å²) in [7, 11) is 0. The second kappa shape index (κ2) is 9.47. The average molecular weight is 339 g/mol. The maximum atomic E-state index is 12.4. The van der Waals surface area contributed by atoms with E-state index in [9.17, 15) is 9.59 Å². The molecule has 132 valence electrons. The summed E-state index contributed by atoms with van der Waals surface area (Å²) in [5.41, 5.74) is 2.44. The number of anilines is 1. The van der Waals surface area contributed by atoms with E-state index in [1.807, 2.05) is 56.3 Å². The van der Waals surface area contributed by atoms with Crippen molar-refractivity contribution in [3.8, 4) is 0 Å². The van der Waals surface area contributed by atoms with Gasteiger partial charge in [-0.3, -0.25) is 9.59 Å². The highest BCUT2D eigenvalue weighted by molar-refractivity contribution is 5.95. The van der Waals surface area contributed by atoms with E-state index in [1.165, 1.54) is 0 Å². The van der Waals surface area contributed by atoms with Gasteiger partial charge in [0.2, 0.25) is 5.91 Å². The molecule has 0 fully saturated rings. The lowest BCUT2D eigenvalue weighted by Crippen LogP contribution is -2.31. The maximum absolute atomic E-state index is 12.4. The largest absolute Gasteiger partial charge is 0.376 e. The summed E-state index contributed by atoms with van der Waals surface area (Å²) in [6, 6.07) is 17.0. The van der Waals surface area contributed by atoms with Gasteiger partial charge in [-0.25, -0.2) is 0 Å². The Morgan fingerprint density at radius 2 is 1.68 bits per heavy atom. The van der Waals surface area contributed by atoms with Gasteiger partial charge in [0.15, 0.2) is 0 Å². The summed E-state index contributed by atoms with van der Waals surface area (Å²) in [5.74, 6) is -0.0912. The van der Waals surface area contributed by atoms with E-state index in [4.69, 9.17) is 0 Å². The highest BCUT2D eigenvalue weighted by Crippen LogP contribution is 2.12. The van der Waals surface area contributed by atoms with Crippen LogP contribution in [-0.2, 0) is 11.3 Å². The smallest absolute Gasteiger partial charge is 0.253 e. The molecule has 0 unspecified atom stereocenters. The third-order valence-electron chi connectivity index (χ3n) is 3.95. The van der Waals surface area contributed by atoms with E-state index in [-0.39, 0.29) is 18.4 Å². The van der Waals surface area contributed by atoms with Gasteiger partial charge in [-0.05, 0) is 37.6 Å². The van der Waals surface area contributed by atoms with Crippen molar-refractivity contribution in [2.75, 3.05) is 25.0 Å². The zero-order valence-corrected chi connectivity index (χ0v) is 14.8. The van der Waals surface area contributed by atoms with Crippen LogP contribution in [0.2, 0.25) is 0 Å². The number of hydrogen-bond donors (Lipinski definition) is 2. The highest BCUT2D eigenvalue weighted by Gasteiger charge is 2.12. The topological polar surface area (TPSA) is 61.4 Å². The quantitative estimate of drug-likeness (QED) is 0.777. The van der Waals surface area contributed by atoms with Crippen LogP contribution < -0.4 is 10.6 Å². The summed E-state index contributed by atoms with van der Waals surface area (Å²) in [6.07, 6.45) is 0. The molecule has 0 spiro atoms. The fourth-order valence-electron chi connectivity index (χ4n) is 2.50. The van der Waals surface area contributed by atoms with Crippen LogP contribution in [0.25, 0.3) is 0 Å². The fourth-order valence-corrected chi connectivity index (χ4v) is 2.50. The molecular formula is C20H25N3O2. The van der Waals surface area contributed by atoms with Gasteiger partial charge >= 0.3 is 0 Å². The summed E-state index contributed by atoms with van der Waals surface area (Å²) in [5, 5.41) is 5.93. The van der Waals surface area contributed by atoms with E-state index in [0.29, 0.717) is 25.2 Å². The van der Waals surface area contributed by atoms with Crippen LogP contribution in [0, 0.1) is 0 Å². The van der Waals surface area contributed by atoms with Gasteiger partial charge < -0.3 is 15.5 Å². The summed E-state index contributed by atoms with van der Waals surface area (Å²) in [4.78, 5) is 26.1. The van der Waals surface area contributed by atoms with Gasteiger partial charge in [-0.2, -0.15) is 0 Å². The lowest BCUT2D eigenvalue weighted by atomic mass is 10.1. The van der Waals surface area contributed by atoms with Crippen LogP contribution in [0.3, 0.4) is 0 Å². The molecule has 0 heterocycles. The zero-order valence-electron chi connectivity index (χ0n) is 14.8. The van der Waals surface area contributed by atoms with E-state index >= 15 is 0 Å². The SMILES string of the molecule is CCN(CC)C(=O)c1cccc(NCC(=O)NCc2ccccc2)c1. The van der Waals surface area contributed by atoms with Crippen molar-refractivity contribution in [3.63, 3.8) is 0 Å². The molecule has 0 bridgehead atoms. The van der Waals surface area contributed by atoms with Gasteiger partial charge in [0, 0.05) is 30.9 Å². The Kier molecular flexibility index (Phi) is 7.01. The summed E-state index contributed by atoms with van der Waals surface area (Å²) in [6.45, 7) is 5.93. The molecule has 25 heavy (non-hydrogen) atoms. The van der Waals surface area contributed by atoms with Crippen molar-refractivity contribution in [2.24, 2.45) is 0 Å². The van der Waals surface area contributed by atoms with Crippen molar-refractivity contribution < 1.29 is 9.59 Å². The van der Waals surface area contributed by atoms with Crippen molar-refractivity contribution in [1.29, 1.82) is 0 Å². The molecule has 0 aromatic heterocycles. The molecule has 0 saturated carbocycles. The lowest BCUT2D eigenvalue weighted by Gasteiger charge is -2.19. The van der Waals surface area contributed by atoms with Crippen LogP contribution in [0.15, 0.2) is 54.6 Å². The zero-order chi connectivity index (χ0) is 18.1. The molecular weight excluding hydrogens is 314 g/mol. The predicted molar refractivity (Wildman–Crippen MR) is 100 cm³/mol. The van der Waals surface area contributed by atoms with Crippen LogP contribution in [0.5, 0.6) is 0 Å². The predicted octanol–water partition coefficient (Wildman–Crippen LogP) is 2.90. The maximum Gasteiger partial charge on any atom is 0.253 e. The van der Waals surface area contributed by atoms with Crippen LogP contribution in [0.4, 0.5) is 5.69 Å². The second-order valence-electron chi connectivity index (χ2n) is 5.67. The number of carbonyl (C=O) groups excluding carboxylic acids is 2. The minimum Gasteiger partial charge on any atom is -0.376 e. The number of carbonyl (C=O) groups is 2. The molecule has 0 atom stereocenters. The van der Waals surface area contributed by atoms with Crippen LogP contribution in [-0.4, -0.2) is 36.3 Å². The molecule has 2 aromatic rings. The second-order valence-corrected chi connectivity index (χ2v) is 5.67. The fraction of sp³-hybridized carbons (Fsp3) is 0.300. The molecule has 0 radical (unpaired) electrons. The number of amides is 2. The number of nitrogens with one attached hydrogen (secondary N) is 2. The first-order valence-corrected chi connectivity index (χ1v) is 8.57. The van der Waals surface area contributed by atoms with Crippen LogP contribution >= 0.6 is 0 Å². The molecule has 2 aromatic carbocycles. The monoisotopic (exact) mass is 339 g/mol. The van der Waals surface area contributed by atoms with E-state index in [2.05, 4.69) is 10.6 Å². The Balaban J connectivity index is 1.87. The number of nitrogens with zero attached hydrogens (tertiary/aromatic N) is 1. The minimum atomic E-state index is -0.0932. The number of hydrogen-bond acceptors (Lipinski definition) is 3. The normalized spacial score (nSPS) is 10.2. The molecule has 2 N–H and O–H groups in total. The van der Waals surface area contributed by atoms with Gasteiger partial charge in [-0.1, -0.05) is 36.4 Å². The number of rotatable bonds is 8. The molecule has 0 aliphatic rings. The Morgan fingerprint density at radius 1 is 0.960 bits per heavy atom. The minimum absolute atomic E-state index is 0.00202. The third kappa shape index (κ3) is 5.64. The van der Waals surface area contributed by atoms with E-state index in [0.717, 1.165) is 11.3 Å². The Bertz CT molecular complexity index is 697. The first-order chi connectivity index (χ1) is 12.1. The molecule has 0 aliphatic carbocycles. The third-order valence-corrected chi connectivity index (χ3v) is 3.95. The number of benzene rings is 2. The van der Waals surface area contributed by atoms with Gasteiger partial charge in [0.05, 0.1) is 6.54 Å². The van der Waals surface area contributed by atoms with Crippen molar-refractivity contribution >= 4 is 17.5 Å². The van der Waals surface area contributed by atoms with E-state index in [1.54, 1.807) is 17.0 Å². The summed E-state index contributed by atoms with van der Waals surface area (Å²) >= 11 is 0. The first kappa shape index (κ1) is 18.5. The first-order valence-electron chi connectivity index (χ1n) is 8.57. The standard InChI is InChI=1S/C20H25N3O2/c1-3-23(4-2)20(25)17-11-8-12-18(13-17)21-15-19(24)22-14-16-9-6-5-7-10-16/h5-13,21H,3-4,14-15H2,1-2H3,(H,22,24). The Morgan fingerprint density at radius 3 is 2.36 bits per heavy atom. The lowest BCUT2D eigenvalue weighted by molar-refractivity contribution is -0.119. The van der Waals surface area contributed by atoms with Crippen molar-refractivity contribution in [1.82, 2.24) is 10.2 Å². The molecule has 2 rings (SSSR count). The Hall–Kier alpha value is -2.82. The van der Waals surface area contributed by atoms with Gasteiger partial charge in [-0.15, -0.1) is 0 Å². The van der Waals surface area contributed by atoms with Crippen molar-refractivity contribution in [3.05, 3.63) is 65.7 Å². The van der Waals surface area contributed by atoms with Gasteiger partial charge in [0.25, 0.3) is 5.91 Å². The Labute approximate surface area is 149 Å². The van der Waals surface area contributed by atoms with Crippen molar-refractivity contribution in [2.45, 2.75) is 20.4 Å². The molecule has 0 aliphatic heterocycles. The van der Waals surface area contributed by atoms with E-state index < -0.39 is 0 Å².